The predicted molar refractivity (Wildman–Crippen MR) is 111 cm³/mol. The molecule has 0 bridgehead atoms. The van der Waals surface area contributed by atoms with Gasteiger partial charge in [-0.3, -0.25) is 4.79 Å². The number of carbonyl (C=O) groups excluding carboxylic acids is 1. The molecule has 2 heterocycles. The molecule has 2 N–H and O–H groups in total. The van der Waals surface area contributed by atoms with Gasteiger partial charge in [-0.1, -0.05) is 12.1 Å². The minimum Gasteiger partial charge on any atom is -0.356 e. The van der Waals surface area contributed by atoms with E-state index in [1.54, 1.807) is 0 Å². The molecule has 0 radical (unpaired) electrons. The van der Waals surface area contributed by atoms with Crippen LogP contribution in [0.1, 0.15) is 43.5 Å². The van der Waals surface area contributed by atoms with Crippen LogP contribution in [0.15, 0.2) is 30.3 Å². The number of carbonyl (C=O) groups is 1. The average molecular weight is 380 g/mol. The lowest BCUT2D eigenvalue weighted by Gasteiger charge is -2.13. The molecule has 3 rings (SSSR count). The van der Waals surface area contributed by atoms with E-state index in [1.165, 1.54) is 0 Å². The van der Waals surface area contributed by atoms with Crippen molar-refractivity contribution in [1.29, 1.82) is 0 Å². The first-order chi connectivity index (χ1) is 13.4. The third-order valence-electron chi connectivity index (χ3n) is 4.47. The van der Waals surface area contributed by atoms with Crippen LogP contribution in [-0.2, 0) is 11.2 Å². The minimum absolute atomic E-state index is 0.00378. The number of hydrogen-bond acceptors (Lipinski definition) is 5. The maximum absolute atomic E-state index is 12.1. The van der Waals surface area contributed by atoms with Gasteiger partial charge >= 0.3 is 0 Å². The highest BCUT2D eigenvalue weighted by atomic mass is 16.1. The molecule has 0 atom stereocenters. The minimum atomic E-state index is 0.00378. The fourth-order valence-electron chi connectivity index (χ4n) is 3.34. The lowest BCUT2D eigenvalue weighted by atomic mass is 10.3. The number of nitrogens with zero attached hydrogens (tertiary/aromatic N) is 4. The van der Waals surface area contributed by atoms with E-state index in [9.17, 15) is 4.79 Å². The second kappa shape index (κ2) is 8.82. The Morgan fingerprint density at radius 3 is 2.50 bits per heavy atom. The molecule has 0 aliphatic rings. The quantitative estimate of drug-likeness (QED) is 0.627. The number of imidazole rings is 1. The molecule has 2 aromatic heterocycles. The maximum atomic E-state index is 12.1. The highest BCUT2D eigenvalue weighted by molar-refractivity contribution is 5.77. The number of benzene rings is 1. The Labute approximate surface area is 165 Å². The molecule has 7 heteroatoms. The number of nitrogens with one attached hydrogen (secondary N) is 2. The summed E-state index contributed by atoms with van der Waals surface area (Å²) in [7, 11) is 0. The number of fused-ring (bicyclic) bond motifs is 1. The van der Waals surface area contributed by atoms with Gasteiger partial charge in [0.05, 0.1) is 11.0 Å². The van der Waals surface area contributed by atoms with Crippen LogP contribution < -0.4 is 10.6 Å². The molecule has 0 aliphatic heterocycles. The van der Waals surface area contributed by atoms with Crippen LogP contribution in [0.25, 0.3) is 11.0 Å². The van der Waals surface area contributed by atoms with Gasteiger partial charge in [0.2, 0.25) is 11.9 Å². The zero-order valence-corrected chi connectivity index (χ0v) is 17.0. The zero-order chi connectivity index (χ0) is 20.1. The molecule has 0 aliphatic carbocycles. The Balaban J connectivity index is 1.49. The Morgan fingerprint density at radius 1 is 1.07 bits per heavy atom. The van der Waals surface area contributed by atoms with Gasteiger partial charge in [-0.05, 0) is 45.9 Å². The number of aromatic nitrogens is 4. The summed E-state index contributed by atoms with van der Waals surface area (Å²) < 4.78 is 2.24. The molecule has 3 aromatic rings. The monoisotopic (exact) mass is 380 g/mol. The number of para-hydroxylation sites is 2. The van der Waals surface area contributed by atoms with Gasteiger partial charge in [0.25, 0.3) is 0 Å². The Kier molecular flexibility index (Phi) is 6.23. The van der Waals surface area contributed by atoms with Gasteiger partial charge in [-0.2, -0.15) is 0 Å². The van der Waals surface area contributed by atoms with E-state index in [4.69, 9.17) is 4.98 Å². The summed E-state index contributed by atoms with van der Waals surface area (Å²) in [6, 6.07) is 10.4. The number of rotatable bonds is 8. The second-order valence-electron chi connectivity index (χ2n) is 7.23. The molecule has 28 heavy (non-hydrogen) atoms. The first kappa shape index (κ1) is 19.8. The molecular formula is C21H28N6O. The van der Waals surface area contributed by atoms with Gasteiger partial charge in [0, 0.05) is 43.4 Å². The first-order valence-electron chi connectivity index (χ1n) is 9.72. The van der Waals surface area contributed by atoms with Crippen LogP contribution in [-0.4, -0.2) is 38.5 Å². The molecule has 148 valence electrons. The standard InChI is InChI=1S/C21H28N6O/c1-14(2)27-18-8-6-5-7-17(18)26-19(27)9-11-22-20(28)10-12-23-21-24-15(3)13-16(4)25-21/h5-8,13-14H,9-12H2,1-4H3,(H,22,28)(H,23,24,25). The summed E-state index contributed by atoms with van der Waals surface area (Å²) in [6.45, 7) is 9.22. The number of anilines is 1. The normalized spacial score (nSPS) is 11.2. The Hall–Kier alpha value is -2.96. The third kappa shape index (κ3) is 4.85. The van der Waals surface area contributed by atoms with Crippen molar-refractivity contribution in [2.45, 2.75) is 46.6 Å². The van der Waals surface area contributed by atoms with Crippen molar-refractivity contribution in [3.63, 3.8) is 0 Å². The fourth-order valence-corrected chi connectivity index (χ4v) is 3.34. The SMILES string of the molecule is Cc1cc(C)nc(NCCC(=O)NCCc2nc3ccccc3n2C(C)C)n1. The Morgan fingerprint density at radius 2 is 1.79 bits per heavy atom. The number of aryl methyl sites for hydroxylation is 2. The first-order valence-corrected chi connectivity index (χ1v) is 9.72. The molecule has 1 amide bonds. The van der Waals surface area contributed by atoms with E-state index < -0.39 is 0 Å². The van der Waals surface area contributed by atoms with E-state index in [2.05, 4.69) is 45.1 Å². The van der Waals surface area contributed by atoms with Crippen LogP contribution in [0, 0.1) is 13.8 Å². The van der Waals surface area contributed by atoms with Crippen LogP contribution in [0.4, 0.5) is 5.95 Å². The van der Waals surface area contributed by atoms with Gasteiger partial charge in [0.15, 0.2) is 0 Å². The van der Waals surface area contributed by atoms with E-state index in [1.807, 2.05) is 38.1 Å². The van der Waals surface area contributed by atoms with Crippen molar-refractivity contribution < 1.29 is 4.79 Å². The van der Waals surface area contributed by atoms with Crippen molar-refractivity contribution in [2.75, 3.05) is 18.4 Å². The summed E-state index contributed by atoms with van der Waals surface area (Å²) >= 11 is 0. The fraction of sp³-hybridized carbons (Fsp3) is 0.429. The summed E-state index contributed by atoms with van der Waals surface area (Å²) in [5.74, 6) is 1.57. The molecule has 1 aromatic carbocycles. The average Bonchev–Trinajstić information content (AvgIpc) is 2.99. The van der Waals surface area contributed by atoms with Crippen molar-refractivity contribution in [2.24, 2.45) is 0 Å². The lowest BCUT2D eigenvalue weighted by Crippen LogP contribution is -2.28. The smallest absolute Gasteiger partial charge is 0.223 e. The molecule has 0 unspecified atom stereocenters. The van der Waals surface area contributed by atoms with E-state index >= 15 is 0 Å². The largest absolute Gasteiger partial charge is 0.356 e. The molecule has 0 saturated carbocycles. The zero-order valence-electron chi connectivity index (χ0n) is 17.0. The van der Waals surface area contributed by atoms with Crippen LogP contribution in [0.3, 0.4) is 0 Å². The molecule has 7 nitrogen and oxygen atoms in total. The highest BCUT2D eigenvalue weighted by Gasteiger charge is 2.13. The predicted octanol–water partition coefficient (Wildman–Crippen LogP) is 3.18. The van der Waals surface area contributed by atoms with Gasteiger partial charge in [0.1, 0.15) is 5.82 Å². The molecule has 0 saturated heterocycles. The van der Waals surface area contributed by atoms with E-state index in [0.717, 1.165) is 28.2 Å². The van der Waals surface area contributed by atoms with Crippen molar-refractivity contribution in [3.8, 4) is 0 Å². The summed E-state index contributed by atoms with van der Waals surface area (Å²) in [6.07, 6.45) is 1.07. The lowest BCUT2D eigenvalue weighted by molar-refractivity contribution is -0.120. The maximum Gasteiger partial charge on any atom is 0.223 e. The summed E-state index contributed by atoms with van der Waals surface area (Å²) in [4.78, 5) is 25.5. The van der Waals surface area contributed by atoms with Gasteiger partial charge in [-0.15, -0.1) is 0 Å². The third-order valence-corrected chi connectivity index (χ3v) is 4.47. The summed E-state index contributed by atoms with van der Waals surface area (Å²) in [5.41, 5.74) is 3.95. The van der Waals surface area contributed by atoms with Crippen LogP contribution in [0.2, 0.25) is 0 Å². The van der Waals surface area contributed by atoms with Crippen molar-refractivity contribution >= 4 is 22.9 Å². The topological polar surface area (TPSA) is 84.7 Å². The van der Waals surface area contributed by atoms with E-state index in [0.29, 0.717) is 37.9 Å². The van der Waals surface area contributed by atoms with Crippen LogP contribution >= 0.6 is 0 Å². The van der Waals surface area contributed by atoms with Crippen LogP contribution in [0.5, 0.6) is 0 Å². The van der Waals surface area contributed by atoms with Crippen molar-refractivity contribution in [3.05, 3.63) is 47.5 Å². The Bertz CT molecular complexity index is 942. The van der Waals surface area contributed by atoms with Crippen molar-refractivity contribution in [1.82, 2.24) is 24.8 Å². The molecule has 0 fully saturated rings. The van der Waals surface area contributed by atoms with E-state index in [-0.39, 0.29) is 5.91 Å². The second-order valence-corrected chi connectivity index (χ2v) is 7.23. The number of amides is 1. The molecular weight excluding hydrogens is 352 g/mol. The highest BCUT2D eigenvalue weighted by Crippen LogP contribution is 2.21. The molecule has 0 spiro atoms. The summed E-state index contributed by atoms with van der Waals surface area (Å²) in [5, 5.41) is 6.09. The number of hydrogen-bond donors (Lipinski definition) is 2. The van der Waals surface area contributed by atoms with Gasteiger partial charge < -0.3 is 15.2 Å². The van der Waals surface area contributed by atoms with Gasteiger partial charge in [-0.25, -0.2) is 15.0 Å².